The Morgan fingerprint density at radius 1 is 1.35 bits per heavy atom. The largest absolute Gasteiger partial charge is 0.497 e. The molecule has 0 radical (unpaired) electrons. The average molecular weight is 421 g/mol. The van der Waals surface area contributed by atoms with E-state index in [0.717, 1.165) is 18.4 Å². The van der Waals surface area contributed by atoms with Crippen molar-refractivity contribution in [2.75, 3.05) is 20.8 Å². The first-order chi connectivity index (χ1) is 15.0. The first kappa shape index (κ1) is 20.5. The lowest BCUT2D eigenvalue weighted by atomic mass is 10.0. The minimum absolute atomic E-state index is 0.0652. The number of carbonyl (C=O) groups is 1. The molecule has 1 saturated heterocycles. The van der Waals surface area contributed by atoms with Crippen LogP contribution in [0.2, 0.25) is 0 Å². The average Bonchev–Trinajstić information content (AvgIpc) is 3.43. The van der Waals surface area contributed by atoms with E-state index in [9.17, 15) is 14.9 Å². The van der Waals surface area contributed by atoms with Crippen molar-refractivity contribution in [3.05, 3.63) is 57.1 Å². The lowest BCUT2D eigenvalue weighted by Crippen LogP contribution is -2.34. The fraction of sp³-hybridized carbons (Fsp3) is 0.364. The maximum absolute atomic E-state index is 13.3. The quantitative estimate of drug-likeness (QED) is 0.675. The normalized spacial score (nSPS) is 15.8. The molecular weight excluding hydrogens is 398 g/mol. The lowest BCUT2D eigenvalue weighted by Gasteiger charge is -2.27. The highest BCUT2D eigenvalue weighted by molar-refractivity contribution is 5.80. The molecule has 4 rings (SSSR count). The number of ether oxygens (including phenoxy) is 2. The maximum Gasteiger partial charge on any atom is 0.276 e. The monoisotopic (exact) mass is 421 g/mol. The van der Waals surface area contributed by atoms with Gasteiger partial charge in [0.2, 0.25) is 5.91 Å². The van der Waals surface area contributed by atoms with Crippen LogP contribution in [0.4, 0.5) is 0 Å². The van der Waals surface area contributed by atoms with E-state index < -0.39 is 0 Å². The van der Waals surface area contributed by atoms with E-state index in [2.05, 4.69) is 10.1 Å². The zero-order valence-electron chi connectivity index (χ0n) is 17.6. The van der Waals surface area contributed by atoms with E-state index >= 15 is 0 Å². The Hall–Kier alpha value is -3.80. The summed E-state index contributed by atoms with van der Waals surface area (Å²) in [7, 11) is 3.20. The number of fused-ring (bicyclic) bond motifs is 1. The summed E-state index contributed by atoms with van der Waals surface area (Å²) in [6, 6.07) is 7.39. The Morgan fingerprint density at radius 2 is 2.16 bits per heavy atom. The van der Waals surface area contributed by atoms with Gasteiger partial charge in [-0.25, -0.2) is 9.50 Å². The van der Waals surface area contributed by atoms with Gasteiger partial charge in [-0.15, -0.1) is 0 Å². The molecule has 3 aromatic rings. The number of nitrogens with one attached hydrogen (secondary N) is 1. The van der Waals surface area contributed by atoms with Crippen molar-refractivity contribution in [2.24, 2.45) is 0 Å². The summed E-state index contributed by atoms with van der Waals surface area (Å²) in [6.45, 7) is 2.28. The molecule has 31 heavy (non-hydrogen) atoms. The van der Waals surface area contributed by atoms with Crippen LogP contribution in [-0.4, -0.2) is 46.2 Å². The number of H-pyrrole nitrogens is 1. The summed E-state index contributed by atoms with van der Waals surface area (Å²) in [5.74, 6) is 1.24. The van der Waals surface area contributed by atoms with Crippen LogP contribution in [0.15, 0.2) is 29.2 Å². The molecule has 1 aliphatic heterocycles. The predicted octanol–water partition coefficient (Wildman–Crippen LogP) is 2.13. The summed E-state index contributed by atoms with van der Waals surface area (Å²) in [6.07, 6.45) is 3.02. The molecule has 0 spiro atoms. The highest BCUT2D eigenvalue weighted by Gasteiger charge is 2.33. The summed E-state index contributed by atoms with van der Waals surface area (Å²) >= 11 is 0. The molecule has 160 valence electrons. The number of nitriles is 1. The van der Waals surface area contributed by atoms with Gasteiger partial charge < -0.3 is 14.4 Å². The number of aryl methyl sites for hydroxylation is 1. The van der Waals surface area contributed by atoms with Crippen LogP contribution >= 0.6 is 0 Å². The van der Waals surface area contributed by atoms with Crippen molar-refractivity contribution in [3.8, 4) is 17.6 Å². The third kappa shape index (κ3) is 3.50. The Kier molecular flexibility index (Phi) is 5.38. The molecule has 0 saturated carbocycles. The number of benzene rings is 1. The van der Waals surface area contributed by atoms with Gasteiger partial charge in [-0.3, -0.25) is 14.7 Å². The van der Waals surface area contributed by atoms with Gasteiger partial charge >= 0.3 is 0 Å². The van der Waals surface area contributed by atoms with Crippen molar-refractivity contribution in [2.45, 2.75) is 32.2 Å². The van der Waals surface area contributed by atoms with E-state index in [1.54, 1.807) is 26.0 Å². The maximum atomic E-state index is 13.3. The van der Waals surface area contributed by atoms with Crippen LogP contribution < -0.4 is 15.0 Å². The van der Waals surface area contributed by atoms with Gasteiger partial charge in [-0.1, -0.05) is 0 Å². The lowest BCUT2D eigenvalue weighted by molar-refractivity contribution is -0.131. The molecule has 1 N–H and O–H groups in total. The molecule has 1 aliphatic rings. The number of hydrogen-bond acceptors (Lipinski definition) is 6. The van der Waals surface area contributed by atoms with E-state index in [4.69, 9.17) is 9.47 Å². The molecule has 2 aromatic heterocycles. The van der Waals surface area contributed by atoms with Gasteiger partial charge in [-0.2, -0.15) is 5.26 Å². The second-order valence-corrected chi connectivity index (χ2v) is 7.47. The molecule has 3 heterocycles. The first-order valence-corrected chi connectivity index (χ1v) is 9.99. The SMILES string of the molecule is COc1ccc(OC)c(C2CCCN2C(=O)Cc2c(C)nc3c(C#N)c[nH]n3c2=O)c1. The van der Waals surface area contributed by atoms with Crippen LogP contribution in [-0.2, 0) is 11.2 Å². The third-order valence-electron chi connectivity index (χ3n) is 5.78. The molecule has 1 aromatic carbocycles. The van der Waals surface area contributed by atoms with Crippen molar-refractivity contribution >= 4 is 11.6 Å². The van der Waals surface area contributed by atoms with Crippen LogP contribution in [0.1, 0.15) is 41.3 Å². The van der Waals surface area contributed by atoms with Crippen molar-refractivity contribution in [1.29, 1.82) is 5.26 Å². The summed E-state index contributed by atoms with van der Waals surface area (Å²) in [4.78, 5) is 32.4. The molecule has 0 bridgehead atoms. The molecule has 1 unspecified atom stereocenters. The molecular formula is C22H23N5O4. The zero-order valence-corrected chi connectivity index (χ0v) is 17.6. The van der Waals surface area contributed by atoms with E-state index in [1.165, 1.54) is 10.7 Å². The molecule has 1 fully saturated rings. The van der Waals surface area contributed by atoms with E-state index in [0.29, 0.717) is 29.3 Å². The third-order valence-corrected chi connectivity index (χ3v) is 5.78. The number of methoxy groups -OCH3 is 2. The Labute approximate surface area is 178 Å². The number of hydrogen-bond donors (Lipinski definition) is 1. The van der Waals surface area contributed by atoms with Crippen LogP contribution in [0, 0.1) is 18.3 Å². The van der Waals surface area contributed by atoms with Crippen molar-refractivity contribution in [1.82, 2.24) is 19.5 Å². The predicted molar refractivity (Wildman–Crippen MR) is 112 cm³/mol. The number of rotatable bonds is 5. The fourth-order valence-corrected chi connectivity index (χ4v) is 4.18. The minimum atomic E-state index is -0.368. The first-order valence-electron chi connectivity index (χ1n) is 9.99. The zero-order chi connectivity index (χ0) is 22.1. The highest BCUT2D eigenvalue weighted by atomic mass is 16.5. The Balaban J connectivity index is 1.66. The second kappa shape index (κ2) is 8.14. The molecule has 9 nitrogen and oxygen atoms in total. The van der Waals surface area contributed by atoms with Gasteiger partial charge in [0.15, 0.2) is 5.65 Å². The van der Waals surface area contributed by atoms with Crippen molar-refractivity contribution in [3.63, 3.8) is 0 Å². The fourth-order valence-electron chi connectivity index (χ4n) is 4.18. The Morgan fingerprint density at radius 3 is 2.87 bits per heavy atom. The number of carbonyl (C=O) groups excluding carboxylic acids is 1. The highest BCUT2D eigenvalue weighted by Crippen LogP contribution is 2.39. The van der Waals surface area contributed by atoms with E-state index in [-0.39, 0.29) is 35.1 Å². The molecule has 1 amide bonds. The topological polar surface area (TPSA) is 113 Å². The number of amides is 1. The number of nitrogens with zero attached hydrogens (tertiary/aromatic N) is 4. The van der Waals surface area contributed by atoms with Gasteiger partial charge in [0.25, 0.3) is 5.56 Å². The van der Waals surface area contributed by atoms with Gasteiger partial charge in [0.1, 0.15) is 23.1 Å². The van der Waals surface area contributed by atoms with Crippen LogP contribution in [0.5, 0.6) is 11.5 Å². The van der Waals surface area contributed by atoms with Gasteiger partial charge in [0, 0.05) is 29.6 Å². The van der Waals surface area contributed by atoms with Gasteiger partial charge in [-0.05, 0) is 38.0 Å². The second-order valence-electron chi connectivity index (χ2n) is 7.47. The summed E-state index contributed by atoms with van der Waals surface area (Å²) in [5.41, 5.74) is 1.83. The Bertz CT molecular complexity index is 1250. The minimum Gasteiger partial charge on any atom is -0.497 e. The number of aromatic amines is 1. The van der Waals surface area contributed by atoms with Crippen molar-refractivity contribution < 1.29 is 14.3 Å². The number of likely N-dealkylation sites (tertiary alicyclic amines) is 1. The summed E-state index contributed by atoms with van der Waals surface area (Å²) in [5, 5.41) is 11.9. The van der Waals surface area contributed by atoms with Gasteiger partial charge in [0.05, 0.1) is 26.7 Å². The van der Waals surface area contributed by atoms with E-state index in [1.807, 2.05) is 24.3 Å². The smallest absolute Gasteiger partial charge is 0.276 e. The molecule has 9 heteroatoms. The summed E-state index contributed by atoms with van der Waals surface area (Å²) < 4.78 is 12.1. The molecule has 0 aliphatic carbocycles. The van der Waals surface area contributed by atoms with Crippen LogP contribution in [0.25, 0.3) is 5.65 Å². The standard InChI is InChI=1S/C22H23N5O4/c1-13-16(22(29)27-21(25-13)14(11-23)12-24-27)10-20(28)26-8-4-5-18(26)17-9-15(30-2)6-7-19(17)31-3/h6-7,9,12,18,24H,4-5,8,10H2,1-3H3. The van der Waals surface area contributed by atoms with Crippen LogP contribution in [0.3, 0.4) is 0 Å². The number of aromatic nitrogens is 3. The molecule has 1 atom stereocenters.